The molecule has 1 N–H and O–H groups in total. The summed E-state index contributed by atoms with van der Waals surface area (Å²) in [5.74, 6) is 0.680. The van der Waals surface area contributed by atoms with E-state index in [0.29, 0.717) is 11.8 Å². The van der Waals surface area contributed by atoms with Crippen molar-refractivity contribution in [1.82, 2.24) is 10.2 Å². The van der Waals surface area contributed by atoms with Gasteiger partial charge in [-0.2, -0.15) is 0 Å². The van der Waals surface area contributed by atoms with Crippen molar-refractivity contribution in [3.8, 4) is 0 Å². The van der Waals surface area contributed by atoms with Gasteiger partial charge in [0.15, 0.2) is 0 Å². The first-order valence-electron chi connectivity index (χ1n) is 6.42. The van der Waals surface area contributed by atoms with E-state index in [1.165, 1.54) is 5.56 Å². The smallest absolute Gasteiger partial charge is 0.226 e. The Morgan fingerprint density at radius 2 is 2.00 bits per heavy atom. The molecular formula is C14H18N2O. The molecule has 2 fully saturated rings. The summed E-state index contributed by atoms with van der Waals surface area (Å²) in [6.07, 6.45) is 2.18. The van der Waals surface area contributed by atoms with Gasteiger partial charge in [-0.1, -0.05) is 30.3 Å². The Labute approximate surface area is 102 Å². The van der Waals surface area contributed by atoms with E-state index in [1.807, 2.05) is 18.2 Å². The van der Waals surface area contributed by atoms with Crippen LogP contribution in [0.15, 0.2) is 30.3 Å². The van der Waals surface area contributed by atoms with Crippen molar-refractivity contribution in [2.75, 3.05) is 19.6 Å². The third-order valence-electron chi connectivity index (χ3n) is 3.64. The molecule has 3 rings (SSSR count). The maximum absolute atomic E-state index is 12.2. The zero-order valence-electron chi connectivity index (χ0n) is 9.93. The van der Waals surface area contributed by atoms with Crippen LogP contribution in [0, 0.1) is 5.92 Å². The van der Waals surface area contributed by atoms with Gasteiger partial charge in [-0.25, -0.2) is 0 Å². The van der Waals surface area contributed by atoms with Crippen LogP contribution in [-0.2, 0) is 4.79 Å². The van der Waals surface area contributed by atoms with Crippen molar-refractivity contribution in [3.63, 3.8) is 0 Å². The second-order valence-corrected chi connectivity index (χ2v) is 4.94. The zero-order valence-corrected chi connectivity index (χ0v) is 9.93. The molecule has 0 radical (unpaired) electrons. The summed E-state index contributed by atoms with van der Waals surface area (Å²) >= 11 is 0. The number of nitrogens with one attached hydrogen (secondary N) is 1. The minimum absolute atomic E-state index is 0.220. The SMILES string of the molecule is O=C(C1CC1)N1CCNCC1c1ccccc1. The second kappa shape index (κ2) is 4.49. The van der Waals surface area contributed by atoms with E-state index in [-0.39, 0.29) is 6.04 Å². The number of hydrogen-bond donors (Lipinski definition) is 1. The van der Waals surface area contributed by atoms with Crippen LogP contribution in [0.3, 0.4) is 0 Å². The molecule has 90 valence electrons. The number of piperazine rings is 1. The van der Waals surface area contributed by atoms with E-state index in [9.17, 15) is 4.79 Å². The Balaban J connectivity index is 1.82. The first kappa shape index (κ1) is 10.8. The van der Waals surface area contributed by atoms with Gasteiger partial charge in [-0.3, -0.25) is 4.79 Å². The van der Waals surface area contributed by atoms with E-state index < -0.39 is 0 Å². The summed E-state index contributed by atoms with van der Waals surface area (Å²) in [7, 11) is 0. The van der Waals surface area contributed by atoms with Crippen LogP contribution in [0.2, 0.25) is 0 Å². The molecule has 2 aliphatic rings. The highest BCUT2D eigenvalue weighted by Gasteiger charge is 2.37. The number of rotatable bonds is 2. The summed E-state index contributed by atoms with van der Waals surface area (Å²) in [5, 5.41) is 3.38. The fourth-order valence-corrected chi connectivity index (χ4v) is 2.51. The molecule has 1 aromatic rings. The molecule has 1 saturated heterocycles. The van der Waals surface area contributed by atoms with Crippen molar-refractivity contribution in [2.24, 2.45) is 5.92 Å². The summed E-state index contributed by atoms with van der Waals surface area (Å²) in [6, 6.07) is 10.6. The number of carbonyl (C=O) groups excluding carboxylic acids is 1. The van der Waals surface area contributed by atoms with Crippen LogP contribution in [0.4, 0.5) is 0 Å². The summed E-state index contributed by atoms with van der Waals surface area (Å²) in [4.78, 5) is 14.3. The Kier molecular flexibility index (Phi) is 2.85. The monoisotopic (exact) mass is 230 g/mol. The fourth-order valence-electron chi connectivity index (χ4n) is 2.51. The molecule has 3 heteroatoms. The van der Waals surface area contributed by atoms with Crippen LogP contribution in [0.25, 0.3) is 0 Å². The van der Waals surface area contributed by atoms with Crippen LogP contribution < -0.4 is 5.32 Å². The van der Waals surface area contributed by atoms with Crippen LogP contribution in [-0.4, -0.2) is 30.4 Å². The van der Waals surface area contributed by atoms with Gasteiger partial charge >= 0.3 is 0 Å². The highest BCUT2D eigenvalue weighted by Crippen LogP contribution is 2.34. The lowest BCUT2D eigenvalue weighted by molar-refractivity contribution is -0.135. The highest BCUT2D eigenvalue weighted by molar-refractivity contribution is 5.81. The normalized spacial score (nSPS) is 24.7. The average Bonchev–Trinajstić information content (AvgIpc) is 3.23. The number of benzene rings is 1. The highest BCUT2D eigenvalue weighted by atomic mass is 16.2. The predicted octanol–water partition coefficient (Wildman–Crippen LogP) is 1.57. The molecule has 1 aliphatic heterocycles. The maximum Gasteiger partial charge on any atom is 0.226 e. The summed E-state index contributed by atoms with van der Waals surface area (Å²) in [6.45, 7) is 2.64. The summed E-state index contributed by atoms with van der Waals surface area (Å²) in [5.41, 5.74) is 1.24. The predicted molar refractivity (Wildman–Crippen MR) is 66.5 cm³/mol. The van der Waals surface area contributed by atoms with Crippen molar-refractivity contribution >= 4 is 5.91 Å². The number of hydrogen-bond acceptors (Lipinski definition) is 2. The van der Waals surface area contributed by atoms with Crippen LogP contribution >= 0.6 is 0 Å². The van der Waals surface area contributed by atoms with Gasteiger partial charge in [0.1, 0.15) is 0 Å². The number of nitrogens with zero attached hydrogens (tertiary/aromatic N) is 1. The lowest BCUT2D eigenvalue weighted by Gasteiger charge is -2.36. The van der Waals surface area contributed by atoms with E-state index in [0.717, 1.165) is 32.5 Å². The minimum atomic E-state index is 0.220. The maximum atomic E-state index is 12.2. The summed E-state index contributed by atoms with van der Waals surface area (Å²) < 4.78 is 0. The Morgan fingerprint density at radius 1 is 1.24 bits per heavy atom. The quantitative estimate of drug-likeness (QED) is 0.836. The van der Waals surface area contributed by atoms with E-state index >= 15 is 0 Å². The molecule has 1 saturated carbocycles. The van der Waals surface area contributed by atoms with Crippen molar-refractivity contribution in [2.45, 2.75) is 18.9 Å². The molecule has 1 unspecified atom stereocenters. The molecule has 0 bridgehead atoms. The van der Waals surface area contributed by atoms with Crippen LogP contribution in [0.5, 0.6) is 0 Å². The Hall–Kier alpha value is -1.35. The largest absolute Gasteiger partial charge is 0.333 e. The average molecular weight is 230 g/mol. The topological polar surface area (TPSA) is 32.3 Å². The third-order valence-corrected chi connectivity index (χ3v) is 3.64. The Bertz CT molecular complexity index is 400. The molecule has 17 heavy (non-hydrogen) atoms. The number of carbonyl (C=O) groups is 1. The van der Waals surface area contributed by atoms with Gasteiger partial charge in [-0.15, -0.1) is 0 Å². The molecular weight excluding hydrogens is 212 g/mol. The molecule has 1 heterocycles. The van der Waals surface area contributed by atoms with E-state index in [1.54, 1.807) is 0 Å². The molecule has 0 spiro atoms. The van der Waals surface area contributed by atoms with E-state index in [4.69, 9.17) is 0 Å². The second-order valence-electron chi connectivity index (χ2n) is 4.94. The molecule has 0 aromatic heterocycles. The standard InChI is InChI=1S/C14H18N2O/c17-14(12-6-7-12)16-9-8-15-10-13(16)11-4-2-1-3-5-11/h1-5,12-13,15H,6-10H2. The first-order chi connectivity index (χ1) is 8.36. The van der Waals surface area contributed by atoms with Gasteiger partial charge in [0.2, 0.25) is 5.91 Å². The molecule has 3 nitrogen and oxygen atoms in total. The fraction of sp³-hybridized carbons (Fsp3) is 0.500. The van der Waals surface area contributed by atoms with Gasteiger partial charge in [0, 0.05) is 25.6 Å². The van der Waals surface area contributed by atoms with Crippen molar-refractivity contribution in [3.05, 3.63) is 35.9 Å². The lowest BCUT2D eigenvalue weighted by Crippen LogP contribution is -2.49. The number of amides is 1. The van der Waals surface area contributed by atoms with E-state index in [2.05, 4.69) is 22.3 Å². The van der Waals surface area contributed by atoms with Gasteiger partial charge in [0.25, 0.3) is 0 Å². The Morgan fingerprint density at radius 3 is 2.71 bits per heavy atom. The van der Waals surface area contributed by atoms with Gasteiger partial charge in [-0.05, 0) is 18.4 Å². The minimum Gasteiger partial charge on any atom is -0.333 e. The molecule has 1 atom stereocenters. The van der Waals surface area contributed by atoms with Crippen LogP contribution in [0.1, 0.15) is 24.4 Å². The van der Waals surface area contributed by atoms with Crippen molar-refractivity contribution in [1.29, 1.82) is 0 Å². The third kappa shape index (κ3) is 2.20. The van der Waals surface area contributed by atoms with Gasteiger partial charge < -0.3 is 10.2 Å². The molecule has 1 aromatic carbocycles. The first-order valence-corrected chi connectivity index (χ1v) is 6.42. The molecule has 1 amide bonds. The lowest BCUT2D eigenvalue weighted by atomic mass is 10.0. The molecule has 1 aliphatic carbocycles. The van der Waals surface area contributed by atoms with Gasteiger partial charge in [0.05, 0.1) is 6.04 Å². The van der Waals surface area contributed by atoms with Crippen molar-refractivity contribution < 1.29 is 4.79 Å². The zero-order chi connectivity index (χ0) is 11.7.